The van der Waals surface area contributed by atoms with Gasteiger partial charge >= 0.3 is 6.18 Å². The number of hydrogen-bond acceptors (Lipinski definition) is 3. The van der Waals surface area contributed by atoms with Crippen molar-refractivity contribution < 1.29 is 21.6 Å². The number of alkyl halides is 3. The molecular weight excluding hydrogens is 375 g/mol. The summed E-state index contributed by atoms with van der Waals surface area (Å²) in [6, 6.07) is 8.95. The van der Waals surface area contributed by atoms with Crippen LogP contribution >= 0.6 is 0 Å². The summed E-state index contributed by atoms with van der Waals surface area (Å²) in [6.07, 6.45) is 3.71. The quantitative estimate of drug-likeness (QED) is 0.758. The minimum atomic E-state index is -4.42. The maximum absolute atomic E-state index is 12.8. The fourth-order valence-corrected chi connectivity index (χ4v) is 3.89. The van der Waals surface area contributed by atoms with Crippen LogP contribution in [0.4, 0.5) is 13.2 Å². The highest BCUT2D eigenvalue weighted by atomic mass is 32.2. The van der Waals surface area contributed by atoms with Gasteiger partial charge in [-0.2, -0.15) is 13.2 Å². The lowest BCUT2D eigenvalue weighted by Crippen LogP contribution is -2.05. The molecule has 140 valence electrons. The van der Waals surface area contributed by atoms with E-state index in [2.05, 4.69) is 17.1 Å². The summed E-state index contributed by atoms with van der Waals surface area (Å²) >= 11 is 0. The number of halogens is 3. The molecule has 2 aromatic rings. The molecule has 1 spiro atoms. The fourth-order valence-electron chi connectivity index (χ4n) is 3.26. The number of aromatic nitrogens is 1. The SMILES string of the molecule is CS(=O)(=O)c1ccc(C2=CC3(C=C2c2ccc(C(F)(F)F)cn2)CC3)cc1. The average Bonchev–Trinajstić information content (AvgIpc) is 3.24. The van der Waals surface area contributed by atoms with E-state index in [-0.39, 0.29) is 10.3 Å². The molecule has 0 unspecified atom stereocenters. The Morgan fingerprint density at radius 1 is 0.963 bits per heavy atom. The van der Waals surface area contributed by atoms with Crippen LogP contribution in [0.25, 0.3) is 11.1 Å². The third-order valence-electron chi connectivity index (χ3n) is 4.94. The van der Waals surface area contributed by atoms with E-state index in [9.17, 15) is 21.6 Å². The molecule has 1 saturated carbocycles. The fraction of sp³-hybridized carbons (Fsp3) is 0.250. The molecule has 1 fully saturated rings. The predicted molar refractivity (Wildman–Crippen MR) is 96.4 cm³/mol. The summed E-state index contributed by atoms with van der Waals surface area (Å²) in [7, 11) is -3.29. The minimum absolute atomic E-state index is 0.0510. The first-order valence-corrected chi connectivity index (χ1v) is 10.3. The Morgan fingerprint density at radius 3 is 2.07 bits per heavy atom. The van der Waals surface area contributed by atoms with Crippen molar-refractivity contribution in [1.29, 1.82) is 0 Å². The monoisotopic (exact) mass is 391 g/mol. The zero-order chi connectivity index (χ0) is 19.4. The van der Waals surface area contributed by atoms with E-state index in [1.807, 2.05) is 0 Å². The highest BCUT2D eigenvalue weighted by Crippen LogP contribution is 2.57. The number of sulfone groups is 1. The van der Waals surface area contributed by atoms with Gasteiger partial charge in [0.05, 0.1) is 16.2 Å². The van der Waals surface area contributed by atoms with Crippen molar-refractivity contribution in [2.24, 2.45) is 5.41 Å². The molecule has 7 heteroatoms. The topological polar surface area (TPSA) is 47.0 Å². The molecule has 1 heterocycles. The van der Waals surface area contributed by atoms with Crippen LogP contribution in [0.5, 0.6) is 0 Å². The van der Waals surface area contributed by atoms with Crippen molar-refractivity contribution >= 4 is 21.0 Å². The van der Waals surface area contributed by atoms with E-state index in [0.29, 0.717) is 5.69 Å². The zero-order valence-electron chi connectivity index (χ0n) is 14.4. The first-order valence-electron chi connectivity index (χ1n) is 8.38. The number of pyridine rings is 1. The van der Waals surface area contributed by atoms with Gasteiger partial charge in [0, 0.05) is 23.4 Å². The molecule has 2 aliphatic carbocycles. The molecule has 1 aromatic heterocycles. The molecule has 0 radical (unpaired) electrons. The number of nitrogens with zero attached hydrogens (tertiary/aromatic N) is 1. The second-order valence-corrected chi connectivity index (χ2v) is 9.09. The average molecular weight is 391 g/mol. The van der Waals surface area contributed by atoms with Crippen molar-refractivity contribution in [3.05, 3.63) is 71.6 Å². The van der Waals surface area contributed by atoms with Crippen molar-refractivity contribution in [3.8, 4) is 0 Å². The van der Waals surface area contributed by atoms with Crippen LogP contribution < -0.4 is 0 Å². The first-order chi connectivity index (χ1) is 12.6. The Morgan fingerprint density at radius 2 is 1.59 bits per heavy atom. The molecule has 3 nitrogen and oxygen atoms in total. The maximum atomic E-state index is 12.8. The molecule has 0 atom stereocenters. The highest BCUT2D eigenvalue weighted by Gasteiger charge is 2.43. The summed E-state index contributed by atoms with van der Waals surface area (Å²) in [6.45, 7) is 0. The summed E-state index contributed by atoms with van der Waals surface area (Å²) < 4.78 is 61.7. The van der Waals surface area contributed by atoms with E-state index in [1.54, 1.807) is 24.3 Å². The van der Waals surface area contributed by atoms with Crippen LogP contribution in [0.3, 0.4) is 0 Å². The maximum Gasteiger partial charge on any atom is 0.417 e. The van der Waals surface area contributed by atoms with Crippen molar-refractivity contribution in [2.45, 2.75) is 23.9 Å². The molecule has 0 bridgehead atoms. The number of benzene rings is 1. The van der Waals surface area contributed by atoms with Crippen LogP contribution in [0.15, 0.2) is 59.6 Å². The van der Waals surface area contributed by atoms with Crippen LogP contribution in [0.2, 0.25) is 0 Å². The lowest BCUT2D eigenvalue weighted by molar-refractivity contribution is -0.137. The summed E-state index contributed by atoms with van der Waals surface area (Å²) in [5.41, 5.74) is 2.12. The van der Waals surface area contributed by atoms with Gasteiger partial charge in [-0.25, -0.2) is 8.42 Å². The van der Waals surface area contributed by atoms with Gasteiger partial charge in [-0.15, -0.1) is 0 Å². The van der Waals surface area contributed by atoms with E-state index in [0.717, 1.165) is 48.1 Å². The molecule has 0 saturated heterocycles. The van der Waals surface area contributed by atoms with Gasteiger partial charge in [-0.05, 0) is 48.2 Å². The van der Waals surface area contributed by atoms with E-state index < -0.39 is 21.6 Å². The van der Waals surface area contributed by atoms with Crippen LogP contribution in [-0.2, 0) is 16.0 Å². The number of rotatable bonds is 3. The van der Waals surface area contributed by atoms with Gasteiger partial charge in [0.1, 0.15) is 0 Å². The van der Waals surface area contributed by atoms with Crippen molar-refractivity contribution in [2.75, 3.05) is 6.26 Å². The Bertz CT molecular complexity index is 1060. The largest absolute Gasteiger partial charge is 0.417 e. The Hall–Kier alpha value is -2.41. The Labute approximate surface area is 155 Å². The highest BCUT2D eigenvalue weighted by molar-refractivity contribution is 7.90. The van der Waals surface area contributed by atoms with Crippen LogP contribution in [-0.4, -0.2) is 19.7 Å². The number of hydrogen-bond donors (Lipinski definition) is 0. The first kappa shape index (κ1) is 18.0. The normalized spacial score (nSPS) is 18.4. The summed E-state index contributed by atoms with van der Waals surface area (Å²) in [4.78, 5) is 4.25. The van der Waals surface area contributed by atoms with Gasteiger partial charge in [0.15, 0.2) is 9.84 Å². The van der Waals surface area contributed by atoms with Crippen molar-refractivity contribution in [3.63, 3.8) is 0 Å². The smallest absolute Gasteiger partial charge is 0.256 e. The second-order valence-electron chi connectivity index (χ2n) is 7.08. The molecule has 0 aliphatic heterocycles. The van der Waals surface area contributed by atoms with Crippen molar-refractivity contribution in [1.82, 2.24) is 4.98 Å². The molecular formula is C20H16F3NO2S. The molecule has 4 rings (SSSR count). The van der Waals surface area contributed by atoms with E-state index in [4.69, 9.17) is 0 Å². The summed E-state index contributed by atoms with van der Waals surface area (Å²) in [5, 5.41) is 0. The van der Waals surface area contributed by atoms with Gasteiger partial charge in [-0.3, -0.25) is 4.98 Å². The molecule has 0 N–H and O–H groups in total. The van der Waals surface area contributed by atoms with Crippen LogP contribution in [0.1, 0.15) is 29.7 Å². The second kappa shape index (κ2) is 5.79. The third kappa shape index (κ3) is 3.43. The molecule has 2 aliphatic rings. The zero-order valence-corrected chi connectivity index (χ0v) is 15.2. The van der Waals surface area contributed by atoms with Gasteiger partial charge in [0.2, 0.25) is 0 Å². The van der Waals surface area contributed by atoms with Gasteiger partial charge in [-0.1, -0.05) is 24.3 Å². The lowest BCUT2D eigenvalue weighted by Gasteiger charge is -2.11. The van der Waals surface area contributed by atoms with Crippen LogP contribution in [0, 0.1) is 5.41 Å². The Balaban J connectivity index is 1.72. The minimum Gasteiger partial charge on any atom is -0.256 e. The predicted octanol–water partition coefficient (Wildman–Crippen LogP) is 4.76. The molecule has 0 amide bonds. The standard InChI is InChI=1S/C20H16F3NO2S/c1-27(25,26)15-5-2-13(3-6-15)16-10-19(8-9-19)11-17(16)18-7-4-14(12-24-18)20(21,22)23/h2-7,10-12H,8-9H2,1H3. The molecule has 27 heavy (non-hydrogen) atoms. The van der Waals surface area contributed by atoms with E-state index >= 15 is 0 Å². The lowest BCUT2D eigenvalue weighted by atomic mass is 9.98. The van der Waals surface area contributed by atoms with Gasteiger partial charge < -0.3 is 0 Å². The number of allylic oxidation sites excluding steroid dienone is 4. The Kier molecular flexibility index (Phi) is 3.86. The van der Waals surface area contributed by atoms with E-state index in [1.165, 1.54) is 6.07 Å². The summed E-state index contributed by atoms with van der Waals surface area (Å²) in [5.74, 6) is 0. The third-order valence-corrected chi connectivity index (χ3v) is 6.07. The van der Waals surface area contributed by atoms with Gasteiger partial charge in [0.25, 0.3) is 0 Å². The molecule has 1 aromatic carbocycles.